The van der Waals surface area contributed by atoms with E-state index in [4.69, 9.17) is 0 Å². The first kappa shape index (κ1) is 19.3. The van der Waals surface area contributed by atoms with Crippen molar-refractivity contribution in [2.75, 3.05) is 5.32 Å². The number of aromatic nitrogens is 1. The van der Waals surface area contributed by atoms with Gasteiger partial charge in [0.1, 0.15) is 0 Å². The molecule has 0 aliphatic carbocycles. The summed E-state index contributed by atoms with van der Waals surface area (Å²) in [7, 11) is 0. The highest BCUT2D eigenvalue weighted by atomic mass is 16.2. The zero-order chi connectivity index (χ0) is 19.8. The molecule has 5 nitrogen and oxygen atoms in total. The quantitative estimate of drug-likeness (QED) is 0.660. The summed E-state index contributed by atoms with van der Waals surface area (Å²) < 4.78 is 0. The van der Waals surface area contributed by atoms with E-state index in [-0.39, 0.29) is 11.8 Å². The van der Waals surface area contributed by atoms with Crippen LogP contribution in [-0.2, 0) is 17.8 Å². The number of rotatable bonds is 7. The van der Waals surface area contributed by atoms with Gasteiger partial charge >= 0.3 is 0 Å². The number of hydrogen-bond donors (Lipinski definition) is 2. The van der Waals surface area contributed by atoms with Crippen molar-refractivity contribution in [1.29, 1.82) is 0 Å². The second-order valence-corrected chi connectivity index (χ2v) is 6.66. The molecule has 3 rings (SSSR count). The molecule has 3 aromatic rings. The first-order valence-electron chi connectivity index (χ1n) is 9.23. The van der Waals surface area contributed by atoms with E-state index in [1.165, 1.54) is 11.8 Å². The van der Waals surface area contributed by atoms with E-state index in [0.29, 0.717) is 30.6 Å². The summed E-state index contributed by atoms with van der Waals surface area (Å²) in [5.41, 5.74) is 4.47. The lowest BCUT2D eigenvalue weighted by Crippen LogP contribution is -2.23. The molecule has 142 valence electrons. The van der Waals surface area contributed by atoms with Crippen molar-refractivity contribution in [1.82, 2.24) is 10.3 Å². The second kappa shape index (κ2) is 9.46. The number of benzene rings is 2. The van der Waals surface area contributed by atoms with E-state index in [9.17, 15) is 9.59 Å². The number of aryl methyl sites for hydroxylation is 2. The molecule has 1 aromatic heterocycles. The zero-order valence-corrected chi connectivity index (χ0v) is 15.8. The molecule has 0 saturated heterocycles. The van der Waals surface area contributed by atoms with E-state index in [2.05, 4.69) is 39.9 Å². The number of hydrogen-bond acceptors (Lipinski definition) is 3. The summed E-state index contributed by atoms with van der Waals surface area (Å²) in [5, 5.41) is 5.78. The van der Waals surface area contributed by atoms with Crippen LogP contribution in [0.15, 0.2) is 73.1 Å². The predicted molar refractivity (Wildman–Crippen MR) is 110 cm³/mol. The molecule has 0 bridgehead atoms. The summed E-state index contributed by atoms with van der Waals surface area (Å²) in [6.45, 7) is 2.47. The van der Waals surface area contributed by atoms with Gasteiger partial charge in [0.05, 0.1) is 5.56 Å². The molecule has 0 aliphatic heterocycles. The SMILES string of the molecule is Cc1ccc(CCC(=O)NCc2cccc(NC(=O)c3cccnc3)c2)cc1. The Bertz CT molecular complexity index is 938. The first-order chi connectivity index (χ1) is 13.6. The van der Waals surface area contributed by atoms with Crippen molar-refractivity contribution in [3.8, 4) is 0 Å². The van der Waals surface area contributed by atoms with Crippen LogP contribution in [0.3, 0.4) is 0 Å². The summed E-state index contributed by atoms with van der Waals surface area (Å²) in [4.78, 5) is 28.3. The van der Waals surface area contributed by atoms with E-state index < -0.39 is 0 Å². The van der Waals surface area contributed by atoms with Gasteiger partial charge in [-0.2, -0.15) is 0 Å². The largest absolute Gasteiger partial charge is 0.352 e. The molecule has 2 amide bonds. The van der Waals surface area contributed by atoms with Gasteiger partial charge in [-0.15, -0.1) is 0 Å². The summed E-state index contributed by atoms with van der Waals surface area (Å²) >= 11 is 0. The van der Waals surface area contributed by atoms with E-state index in [1.807, 2.05) is 31.2 Å². The minimum atomic E-state index is -0.215. The van der Waals surface area contributed by atoms with E-state index in [1.54, 1.807) is 18.3 Å². The maximum Gasteiger partial charge on any atom is 0.257 e. The lowest BCUT2D eigenvalue weighted by atomic mass is 10.1. The summed E-state index contributed by atoms with van der Waals surface area (Å²) in [5.74, 6) is -0.210. The molecule has 5 heteroatoms. The molecule has 0 aliphatic rings. The van der Waals surface area contributed by atoms with Crippen LogP contribution in [0, 0.1) is 6.92 Å². The third kappa shape index (κ3) is 5.77. The molecule has 2 N–H and O–H groups in total. The molecular formula is C23H23N3O2. The van der Waals surface area contributed by atoms with Crippen LogP contribution >= 0.6 is 0 Å². The fraction of sp³-hybridized carbons (Fsp3) is 0.174. The Morgan fingerprint density at radius 3 is 2.54 bits per heavy atom. The van der Waals surface area contributed by atoms with Crippen molar-refractivity contribution in [3.63, 3.8) is 0 Å². The van der Waals surface area contributed by atoms with Crippen molar-refractivity contribution in [2.45, 2.75) is 26.3 Å². The lowest BCUT2D eigenvalue weighted by Gasteiger charge is -2.09. The Kier molecular flexibility index (Phi) is 6.52. The fourth-order valence-corrected chi connectivity index (χ4v) is 2.76. The third-order valence-corrected chi connectivity index (χ3v) is 4.36. The van der Waals surface area contributed by atoms with Crippen molar-refractivity contribution < 1.29 is 9.59 Å². The van der Waals surface area contributed by atoms with Gasteiger partial charge in [-0.1, -0.05) is 42.0 Å². The Morgan fingerprint density at radius 1 is 0.964 bits per heavy atom. The maximum absolute atomic E-state index is 12.2. The van der Waals surface area contributed by atoms with Gasteiger partial charge in [-0.3, -0.25) is 14.6 Å². The molecule has 0 fully saturated rings. The highest BCUT2D eigenvalue weighted by molar-refractivity contribution is 6.04. The van der Waals surface area contributed by atoms with Gasteiger partial charge in [0.25, 0.3) is 5.91 Å². The molecule has 2 aromatic carbocycles. The van der Waals surface area contributed by atoms with Crippen LogP contribution in [0.2, 0.25) is 0 Å². The average molecular weight is 373 g/mol. The van der Waals surface area contributed by atoms with Gasteiger partial charge in [-0.25, -0.2) is 0 Å². The van der Waals surface area contributed by atoms with Gasteiger partial charge in [0.2, 0.25) is 5.91 Å². The number of nitrogens with one attached hydrogen (secondary N) is 2. The predicted octanol–water partition coefficient (Wildman–Crippen LogP) is 3.89. The number of carbonyl (C=O) groups is 2. The molecule has 0 atom stereocenters. The first-order valence-corrected chi connectivity index (χ1v) is 9.23. The molecule has 0 radical (unpaired) electrons. The van der Waals surface area contributed by atoms with Crippen molar-refractivity contribution in [3.05, 3.63) is 95.3 Å². The second-order valence-electron chi connectivity index (χ2n) is 6.66. The minimum Gasteiger partial charge on any atom is -0.352 e. The molecule has 0 spiro atoms. The summed E-state index contributed by atoms with van der Waals surface area (Å²) in [6.07, 6.45) is 4.31. The number of carbonyl (C=O) groups excluding carboxylic acids is 2. The topological polar surface area (TPSA) is 71.1 Å². The Morgan fingerprint density at radius 2 is 1.79 bits per heavy atom. The molecule has 0 saturated carbocycles. The Hall–Kier alpha value is -3.47. The van der Waals surface area contributed by atoms with Gasteiger partial charge < -0.3 is 10.6 Å². The molecule has 0 unspecified atom stereocenters. The maximum atomic E-state index is 12.2. The lowest BCUT2D eigenvalue weighted by molar-refractivity contribution is -0.121. The van der Waals surface area contributed by atoms with Crippen LogP contribution in [0.5, 0.6) is 0 Å². The van der Waals surface area contributed by atoms with Crippen LogP contribution in [-0.4, -0.2) is 16.8 Å². The highest BCUT2D eigenvalue weighted by Crippen LogP contribution is 2.12. The normalized spacial score (nSPS) is 10.3. The fourth-order valence-electron chi connectivity index (χ4n) is 2.76. The van der Waals surface area contributed by atoms with Crippen LogP contribution in [0.1, 0.15) is 33.5 Å². The van der Waals surface area contributed by atoms with Crippen molar-refractivity contribution in [2.24, 2.45) is 0 Å². The monoisotopic (exact) mass is 373 g/mol. The standard InChI is InChI=1S/C23H23N3O2/c1-17-7-9-18(10-8-17)11-12-22(27)25-15-19-4-2-6-21(14-19)26-23(28)20-5-3-13-24-16-20/h2-10,13-14,16H,11-12,15H2,1H3,(H,25,27)(H,26,28). The third-order valence-electron chi connectivity index (χ3n) is 4.36. The van der Waals surface area contributed by atoms with Gasteiger partial charge in [0, 0.05) is 31.0 Å². The minimum absolute atomic E-state index is 0.00498. The van der Waals surface area contributed by atoms with Crippen LogP contribution < -0.4 is 10.6 Å². The number of anilines is 1. The number of amides is 2. The number of pyridine rings is 1. The highest BCUT2D eigenvalue weighted by Gasteiger charge is 2.07. The molecule has 28 heavy (non-hydrogen) atoms. The molecule has 1 heterocycles. The Balaban J connectivity index is 1.49. The van der Waals surface area contributed by atoms with E-state index in [0.717, 1.165) is 11.1 Å². The Labute approximate surface area is 164 Å². The van der Waals surface area contributed by atoms with Crippen LogP contribution in [0.4, 0.5) is 5.69 Å². The smallest absolute Gasteiger partial charge is 0.257 e. The van der Waals surface area contributed by atoms with Crippen LogP contribution in [0.25, 0.3) is 0 Å². The van der Waals surface area contributed by atoms with Crippen molar-refractivity contribution >= 4 is 17.5 Å². The summed E-state index contributed by atoms with van der Waals surface area (Å²) in [6, 6.07) is 19.1. The van der Waals surface area contributed by atoms with Gasteiger partial charge in [-0.05, 0) is 48.7 Å². The zero-order valence-electron chi connectivity index (χ0n) is 15.8. The molecular weight excluding hydrogens is 350 g/mol. The number of nitrogens with zero attached hydrogens (tertiary/aromatic N) is 1. The van der Waals surface area contributed by atoms with E-state index >= 15 is 0 Å². The average Bonchev–Trinajstić information content (AvgIpc) is 2.73. The van der Waals surface area contributed by atoms with Gasteiger partial charge in [0.15, 0.2) is 0 Å².